The van der Waals surface area contributed by atoms with Gasteiger partial charge in [0.1, 0.15) is 12.4 Å². The van der Waals surface area contributed by atoms with Gasteiger partial charge in [-0.15, -0.1) is 0 Å². The molecule has 162 valence electrons. The zero-order valence-corrected chi connectivity index (χ0v) is 19.5. The highest BCUT2D eigenvalue weighted by molar-refractivity contribution is 8.18. The lowest BCUT2D eigenvalue weighted by Gasteiger charge is -2.13. The fourth-order valence-electron chi connectivity index (χ4n) is 3.15. The first-order valence-electron chi connectivity index (χ1n) is 9.87. The number of nitrogens with zero attached hydrogens (tertiary/aromatic N) is 1. The summed E-state index contributed by atoms with van der Waals surface area (Å²) < 4.78 is 5.88. The van der Waals surface area contributed by atoms with E-state index in [4.69, 9.17) is 27.9 Å². The Hall–Kier alpha value is -2.73. The highest BCUT2D eigenvalue weighted by Gasteiger charge is 2.35. The van der Waals surface area contributed by atoms with Gasteiger partial charge in [0.25, 0.3) is 11.1 Å². The number of hydrogen-bond acceptors (Lipinski definition) is 4. The van der Waals surface area contributed by atoms with Crippen LogP contribution in [-0.2, 0) is 17.9 Å². The van der Waals surface area contributed by atoms with Gasteiger partial charge in [-0.3, -0.25) is 14.5 Å². The van der Waals surface area contributed by atoms with Gasteiger partial charge in [-0.2, -0.15) is 0 Å². The Balaban J connectivity index is 1.46. The van der Waals surface area contributed by atoms with Crippen molar-refractivity contribution in [3.63, 3.8) is 0 Å². The molecule has 32 heavy (non-hydrogen) atoms. The van der Waals surface area contributed by atoms with Crippen molar-refractivity contribution >= 4 is 52.2 Å². The summed E-state index contributed by atoms with van der Waals surface area (Å²) in [6.07, 6.45) is 1.70. The zero-order chi connectivity index (χ0) is 22.7. The first kappa shape index (κ1) is 22.5. The number of halogens is 2. The van der Waals surface area contributed by atoms with Crippen LogP contribution in [0.5, 0.6) is 5.75 Å². The second-order valence-corrected chi connectivity index (χ2v) is 9.19. The van der Waals surface area contributed by atoms with E-state index in [-0.39, 0.29) is 17.7 Å². The van der Waals surface area contributed by atoms with Gasteiger partial charge in [-0.1, -0.05) is 71.2 Å². The van der Waals surface area contributed by atoms with Crippen LogP contribution in [0.1, 0.15) is 22.3 Å². The maximum absolute atomic E-state index is 12.8. The maximum Gasteiger partial charge on any atom is 0.293 e. The average Bonchev–Trinajstić information content (AvgIpc) is 3.02. The van der Waals surface area contributed by atoms with E-state index in [1.807, 2.05) is 55.5 Å². The molecule has 0 saturated carbocycles. The van der Waals surface area contributed by atoms with E-state index in [1.54, 1.807) is 24.3 Å². The van der Waals surface area contributed by atoms with Crippen molar-refractivity contribution in [2.45, 2.75) is 20.1 Å². The normalized spacial score (nSPS) is 15.0. The number of imide groups is 1. The minimum Gasteiger partial charge on any atom is -0.489 e. The molecule has 7 heteroatoms. The van der Waals surface area contributed by atoms with Crippen LogP contribution in [0.25, 0.3) is 6.08 Å². The van der Waals surface area contributed by atoms with E-state index >= 15 is 0 Å². The fourth-order valence-corrected chi connectivity index (χ4v) is 4.46. The third-order valence-corrected chi connectivity index (χ3v) is 6.39. The van der Waals surface area contributed by atoms with Gasteiger partial charge in [0, 0.05) is 10.0 Å². The van der Waals surface area contributed by atoms with Crippen molar-refractivity contribution in [2.24, 2.45) is 0 Å². The van der Waals surface area contributed by atoms with E-state index in [1.165, 1.54) is 10.5 Å². The highest BCUT2D eigenvalue weighted by Crippen LogP contribution is 2.35. The van der Waals surface area contributed by atoms with Crippen LogP contribution < -0.4 is 4.74 Å². The monoisotopic (exact) mass is 483 g/mol. The molecule has 0 N–H and O–H groups in total. The molecule has 1 fully saturated rings. The van der Waals surface area contributed by atoms with Crippen molar-refractivity contribution < 1.29 is 14.3 Å². The number of thioether (sulfide) groups is 1. The summed E-state index contributed by atoms with van der Waals surface area (Å²) in [6.45, 7) is 2.58. The Labute approximate surface area is 200 Å². The molecule has 0 radical (unpaired) electrons. The Morgan fingerprint density at radius 3 is 2.53 bits per heavy atom. The van der Waals surface area contributed by atoms with Crippen LogP contribution in [0.4, 0.5) is 4.79 Å². The molecular formula is C25H19Cl2NO3S. The molecule has 4 rings (SSSR count). The lowest BCUT2D eigenvalue weighted by atomic mass is 10.1. The number of carbonyl (C=O) groups is 2. The Morgan fingerprint density at radius 1 is 1.00 bits per heavy atom. The van der Waals surface area contributed by atoms with Crippen LogP contribution in [-0.4, -0.2) is 16.0 Å². The number of ether oxygens (including phenoxy) is 1. The molecule has 2 amide bonds. The molecule has 0 unspecified atom stereocenters. The van der Waals surface area contributed by atoms with Crippen LogP contribution in [0.2, 0.25) is 10.0 Å². The molecule has 4 nitrogen and oxygen atoms in total. The van der Waals surface area contributed by atoms with Gasteiger partial charge in [0.15, 0.2) is 0 Å². The molecule has 1 aliphatic rings. The minimum absolute atomic E-state index is 0.0950. The Morgan fingerprint density at radius 2 is 1.78 bits per heavy atom. The smallest absolute Gasteiger partial charge is 0.293 e. The SMILES string of the molecule is Cc1ccc(COc2cccc(/C=C3\SC(=O)N(Cc4ccc(Cl)cc4Cl)C3=O)c2)cc1. The average molecular weight is 484 g/mol. The fraction of sp³-hybridized carbons (Fsp3) is 0.120. The van der Waals surface area contributed by atoms with Gasteiger partial charge < -0.3 is 4.74 Å². The third-order valence-electron chi connectivity index (χ3n) is 4.90. The van der Waals surface area contributed by atoms with Crippen LogP contribution in [0.15, 0.2) is 71.6 Å². The molecule has 0 atom stereocenters. The van der Waals surface area contributed by atoms with E-state index in [0.717, 1.165) is 22.9 Å². The van der Waals surface area contributed by atoms with Crippen LogP contribution in [0, 0.1) is 6.92 Å². The highest BCUT2D eigenvalue weighted by atomic mass is 35.5. The number of benzene rings is 3. The topological polar surface area (TPSA) is 46.6 Å². The molecule has 1 aliphatic heterocycles. The van der Waals surface area contributed by atoms with Gasteiger partial charge >= 0.3 is 0 Å². The zero-order valence-electron chi connectivity index (χ0n) is 17.2. The van der Waals surface area contributed by atoms with Crippen molar-refractivity contribution in [3.05, 3.63) is 104 Å². The summed E-state index contributed by atoms with van der Waals surface area (Å²) in [6, 6.07) is 20.6. The number of hydrogen-bond donors (Lipinski definition) is 0. The maximum atomic E-state index is 12.8. The summed E-state index contributed by atoms with van der Waals surface area (Å²) >= 11 is 13.0. The summed E-state index contributed by atoms with van der Waals surface area (Å²) in [5, 5.41) is 0.579. The number of amides is 2. The second kappa shape index (κ2) is 9.82. The molecule has 1 saturated heterocycles. The van der Waals surface area contributed by atoms with E-state index in [9.17, 15) is 9.59 Å². The van der Waals surface area contributed by atoms with Crippen LogP contribution >= 0.6 is 35.0 Å². The largest absolute Gasteiger partial charge is 0.489 e. The standard InChI is InChI=1S/C25H19Cl2NO3S/c1-16-5-7-17(8-6-16)15-31-21-4-2-3-18(11-21)12-23-24(29)28(25(30)32-23)14-19-9-10-20(26)13-22(19)27/h2-13H,14-15H2,1H3/b23-12-. The van der Waals surface area contributed by atoms with Crippen molar-refractivity contribution in [3.8, 4) is 5.75 Å². The summed E-state index contributed by atoms with van der Waals surface area (Å²) in [5.74, 6) is 0.337. The predicted molar refractivity (Wildman–Crippen MR) is 130 cm³/mol. The third kappa shape index (κ3) is 5.36. The Bertz CT molecular complexity index is 1210. The number of carbonyl (C=O) groups excluding carboxylic acids is 2. The predicted octanol–water partition coefficient (Wildman–Crippen LogP) is 7.12. The second-order valence-electron chi connectivity index (χ2n) is 7.35. The quantitative estimate of drug-likeness (QED) is 0.350. The molecule has 0 aromatic heterocycles. The van der Waals surface area contributed by atoms with Crippen LogP contribution in [0.3, 0.4) is 0 Å². The molecular weight excluding hydrogens is 465 g/mol. The first-order valence-corrected chi connectivity index (χ1v) is 11.4. The summed E-state index contributed by atoms with van der Waals surface area (Å²) in [4.78, 5) is 26.8. The molecule has 1 heterocycles. The minimum atomic E-state index is -0.350. The first-order chi connectivity index (χ1) is 15.4. The van der Waals surface area contributed by atoms with Gasteiger partial charge in [0.05, 0.1) is 11.4 Å². The Kier molecular flexibility index (Phi) is 6.89. The molecule has 0 spiro atoms. The molecule has 3 aromatic carbocycles. The van der Waals surface area contributed by atoms with Crippen molar-refractivity contribution in [1.29, 1.82) is 0 Å². The summed E-state index contributed by atoms with van der Waals surface area (Å²) in [5.41, 5.74) is 3.71. The van der Waals surface area contributed by atoms with E-state index in [0.29, 0.717) is 32.9 Å². The van der Waals surface area contributed by atoms with Gasteiger partial charge in [0.2, 0.25) is 0 Å². The van der Waals surface area contributed by atoms with Crippen molar-refractivity contribution in [2.75, 3.05) is 0 Å². The van der Waals surface area contributed by atoms with Crippen molar-refractivity contribution in [1.82, 2.24) is 4.90 Å². The number of aryl methyl sites for hydroxylation is 1. The molecule has 3 aromatic rings. The van der Waals surface area contributed by atoms with Gasteiger partial charge in [-0.25, -0.2) is 0 Å². The lowest BCUT2D eigenvalue weighted by molar-refractivity contribution is -0.123. The van der Waals surface area contributed by atoms with Gasteiger partial charge in [-0.05, 0) is 65.7 Å². The van der Waals surface area contributed by atoms with E-state index < -0.39 is 0 Å². The lowest BCUT2D eigenvalue weighted by Crippen LogP contribution is -2.27. The summed E-state index contributed by atoms with van der Waals surface area (Å²) in [7, 11) is 0. The molecule has 0 bridgehead atoms. The number of rotatable bonds is 6. The molecule has 0 aliphatic carbocycles. The van der Waals surface area contributed by atoms with E-state index in [2.05, 4.69) is 0 Å².